The highest BCUT2D eigenvalue weighted by atomic mass is 32.2. The summed E-state index contributed by atoms with van der Waals surface area (Å²) in [6.07, 6.45) is 1.99. The monoisotopic (exact) mass is 284 g/mol. The molecule has 0 saturated heterocycles. The third kappa shape index (κ3) is 5.24. The molecule has 0 aliphatic heterocycles. The molecule has 1 N–H and O–H groups in total. The van der Waals surface area contributed by atoms with E-state index in [4.69, 9.17) is 4.74 Å². The van der Waals surface area contributed by atoms with Crippen LogP contribution >= 0.6 is 11.8 Å². The maximum Gasteiger partial charge on any atom is 0.191 e. The lowest BCUT2D eigenvalue weighted by molar-refractivity contribution is 0.204. The minimum absolute atomic E-state index is 0.572. The second-order valence-electron chi connectivity index (χ2n) is 4.68. The Labute approximate surface area is 120 Å². The summed E-state index contributed by atoms with van der Waals surface area (Å²) in [7, 11) is 3.60. The van der Waals surface area contributed by atoms with Crippen LogP contribution in [0.25, 0.3) is 0 Å². The van der Waals surface area contributed by atoms with Crippen molar-refractivity contribution in [1.82, 2.24) is 9.97 Å². The van der Waals surface area contributed by atoms with Gasteiger partial charge in [-0.1, -0.05) is 25.6 Å². The third-order valence-corrected chi connectivity index (χ3v) is 3.15. The summed E-state index contributed by atoms with van der Waals surface area (Å²) in [6, 6.07) is 1.98. The summed E-state index contributed by atoms with van der Waals surface area (Å²) in [5.74, 6) is 2.37. The lowest BCUT2D eigenvalue weighted by Gasteiger charge is -2.25. The van der Waals surface area contributed by atoms with Gasteiger partial charge in [0.2, 0.25) is 0 Å². The molecule has 0 unspecified atom stereocenters. The Hall–Kier alpha value is -1.01. The van der Waals surface area contributed by atoms with Gasteiger partial charge >= 0.3 is 0 Å². The number of hydrogen-bond donors (Lipinski definition) is 1. The maximum atomic E-state index is 5.18. The third-order valence-electron chi connectivity index (χ3n) is 2.61. The van der Waals surface area contributed by atoms with Crippen LogP contribution in [-0.4, -0.2) is 50.1 Å². The van der Waals surface area contributed by atoms with E-state index in [-0.39, 0.29) is 0 Å². The van der Waals surface area contributed by atoms with Crippen molar-refractivity contribution in [3.63, 3.8) is 0 Å². The van der Waals surface area contributed by atoms with E-state index in [0.717, 1.165) is 29.9 Å². The Balaban J connectivity index is 2.98. The quantitative estimate of drug-likeness (QED) is 0.584. The standard InChI is InChI=1S/C13H24N4OS/c1-10(2)9-17(6-7-18-4)12-8-11(14-3)15-13(16-12)19-5/h8,10H,6-7,9H2,1-5H3,(H,14,15,16). The number of anilines is 2. The van der Waals surface area contributed by atoms with Crippen LogP contribution in [0.15, 0.2) is 11.2 Å². The number of ether oxygens (including phenoxy) is 1. The molecule has 0 spiro atoms. The average molecular weight is 284 g/mol. The van der Waals surface area contributed by atoms with Gasteiger partial charge in [0.05, 0.1) is 6.61 Å². The van der Waals surface area contributed by atoms with E-state index in [9.17, 15) is 0 Å². The first-order valence-corrected chi connectivity index (χ1v) is 7.67. The van der Waals surface area contributed by atoms with Crippen molar-refractivity contribution < 1.29 is 4.74 Å². The van der Waals surface area contributed by atoms with Gasteiger partial charge in [-0.15, -0.1) is 0 Å². The number of nitrogens with zero attached hydrogens (tertiary/aromatic N) is 3. The van der Waals surface area contributed by atoms with Gasteiger partial charge in [0.1, 0.15) is 11.6 Å². The van der Waals surface area contributed by atoms with E-state index in [0.29, 0.717) is 12.5 Å². The topological polar surface area (TPSA) is 50.3 Å². The molecule has 19 heavy (non-hydrogen) atoms. The van der Waals surface area contributed by atoms with Gasteiger partial charge in [-0.2, -0.15) is 0 Å². The highest BCUT2D eigenvalue weighted by Crippen LogP contribution is 2.20. The molecular formula is C13H24N4OS. The largest absolute Gasteiger partial charge is 0.383 e. The van der Waals surface area contributed by atoms with Gasteiger partial charge < -0.3 is 15.0 Å². The molecule has 1 aromatic rings. The van der Waals surface area contributed by atoms with Crippen molar-refractivity contribution in [3.8, 4) is 0 Å². The predicted molar refractivity (Wildman–Crippen MR) is 82.3 cm³/mol. The van der Waals surface area contributed by atoms with Crippen molar-refractivity contribution >= 4 is 23.4 Å². The van der Waals surface area contributed by atoms with E-state index in [1.165, 1.54) is 0 Å². The highest BCUT2D eigenvalue weighted by molar-refractivity contribution is 7.98. The zero-order valence-electron chi connectivity index (χ0n) is 12.4. The normalized spacial score (nSPS) is 10.8. The fourth-order valence-corrected chi connectivity index (χ4v) is 2.11. The molecule has 0 atom stereocenters. The zero-order valence-corrected chi connectivity index (χ0v) is 13.3. The van der Waals surface area contributed by atoms with Crippen molar-refractivity contribution in [3.05, 3.63) is 6.07 Å². The number of methoxy groups -OCH3 is 1. The molecule has 0 amide bonds. The second-order valence-corrected chi connectivity index (χ2v) is 5.45. The summed E-state index contributed by atoms with van der Waals surface area (Å²) < 4.78 is 5.18. The number of rotatable bonds is 8. The first-order chi connectivity index (χ1) is 9.10. The maximum absolute atomic E-state index is 5.18. The molecule has 0 aliphatic carbocycles. The van der Waals surface area contributed by atoms with Crippen LogP contribution in [0.5, 0.6) is 0 Å². The van der Waals surface area contributed by atoms with E-state index >= 15 is 0 Å². The van der Waals surface area contributed by atoms with Gasteiger partial charge in [0, 0.05) is 33.3 Å². The van der Waals surface area contributed by atoms with Gasteiger partial charge in [-0.05, 0) is 12.2 Å². The number of hydrogen-bond acceptors (Lipinski definition) is 6. The number of aromatic nitrogens is 2. The van der Waals surface area contributed by atoms with E-state index in [1.54, 1.807) is 18.9 Å². The van der Waals surface area contributed by atoms with Crippen LogP contribution in [-0.2, 0) is 4.74 Å². The number of thioether (sulfide) groups is 1. The van der Waals surface area contributed by atoms with Crippen LogP contribution in [0.3, 0.4) is 0 Å². The molecule has 0 fully saturated rings. The highest BCUT2D eigenvalue weighted by Gasteiger charge is 2.12. The van der Waals surface area contributed by atoms with Crippen LogP contribution < -0.4 is 10.2 Å². The SMILES string of the molecule is CNc1cc(N(CCOC)CC(C)C)nc(SC)n1. The first-order valence-electron chi connectivity index (χ1n) is 6.45. The van der Waals surface area contributed by atoms with Gasteiger partial charge in [-0.3, -0.25) is 0 Å². The fourth-order valence-electron chi connectivity index (χ4n) is 1.74. The Morgan fingerprint density at radius 1 is 1.42 bits per heavy atom. The van der Waals surface area contributed by atoms with Gasteiger partial charge in [0.15, 0.2) is 5.16 Å². The molecule has 0 aliphatic rings. The lowest BCUT2D eigenvalue weighted by atomic mass is 10.2. The van der Waals surface area contributed by atoms with Gasteiger partial charge in [-0.25, -0.2) is 9.97 Å². The van der Waals surface area contributed by atoms with Crippen LogP contribution in [0, 0.1) is 5.92 Å². The average Bonchev–Trinajstić information content (AvgIpc) is 2.42. The summed E-state index contributed by atoms with van der Waals surface area (Å²) in [4.78, 5) is 11.2. The first kappa shape index (κ1) is 16.0. The summed E-state index contributed by atoms with van der Waals surface area (Å²) in [6.45, 7) is 6.89. The van der Waals surface area contributed by atoms with Crippen LogP contribution in [0.2, 0.25) is 0 Å². The molecular weight excluding hydrogens is 260 g/mol. The molecule has 0 bridgehead atoms. The second kappa shape index (κ2) is 8.22. The summed E-state index contributed by atoms with van der Waals surface area (Å²) in [5.41, 5.74) is 0. The summed E-state index contributed by atoms with van der Waals surface area (Å²) >= 11 is 1.55. The molecule has 0 radical (unpaired) electrons. The fraction of sp³-hybridized carbons (Fsp3) is 0.692. The molecule has 0 saturated carbocycles. The predicted octanol–water partition coefficient (Wildman–Crippen LogP) is 2.35. The molecule has 108 valence electrons. The van der Waals surface area contributed by atoms with E-state index in [1.807, 2.05) is 19.4 Å². The van der Waals surface area contributed by atoms with E-state index < -0.39 is 0 Å². The Morgan fingerprint density at radius 2 is 2.16 bits per heavy atom. The summed E-state index contributed by atoms with van der Waals surface area (Å²) in [5, 5.41) is 3.87. The molecule has 1 aromatic heterocycles. The van der Waals surface area contributed by atoms with Crippen molar-refractivity contribution in [2.24, 2.45) is 5.92 Å². The Bertz CT molecular complexity index is 365. The van der Waals surface area contributed by atoms with Crippen LogP contribution in [0.4, 0.5) is 11.6 Å². The Kier molecular flexibility index (Phi) is 6.94. The number of nitrogens with one attached hydrogen (secondary N) is 1. The zero-order chi connectivity index (χ0) is 14.3. The molecule has 6 heteroatoms. The minimum atomic E-state index is 0.572. The molecule has 1 rings (SSSR count). The Morgan fingerprint density at radius 3 is 2.68 bits per heavy atom. The minimum Gasteiger partial charge on any atom is -0.383 e. The van der Waals surface area contributed by atoms with Crippen molar-refractivity contribution in [2.75, 3.05) is 50.3 Å². The molecule has 1 heterocycles. The van der Waals surface area contributed by atoms with Crippen molar-refractivity contribution in [1.29, 1.82) is 0 Å². The van der Waals surface area contributed by atoms with Crippen LogP contribution in [0.1, 0.15) is 13.8 Å². The van der Waals surface area contributed by atoms with Gasteiger partial charge in [0.25, 0.3) is 0 Å². The van der Waals surface area contributed by atoms with E-state index in [2.05, 4.69) is 34.0 Å². The smallest absolute Gasteiger partial charge is 0.191 e. The molecule has 5 nitrogen and oxygen atoms in total. The lowest BCUT2D eigenvalue weighted by Crippen LogP contribution is -2.32. The van der Waals surface area contributed by atoms with Crippen molar-refractivity contribution in [2.45, 2.75) is 19.0 Å². The molecule has 0 aromatic carbocycles.